The van der Waals surface area contributed by atoms with Crippen molar-refractivity contribution in [2.24, 2.45) is 5.92 Å². The topological polar surface area (TPSA) is 41.6 Å². The first kappa shape index (κ1) is 24.4. The largest absolute Gasteiger partial charge is 0.436 e. The Morgan fingerprint density at radius 2 is 1.67 bits per heavy atom. The maximum Gasteiger partial charge on any atom is 0.416 e. The third-order valence-electron chi connectivity index (χ3n) is 5.73. The molecular formula is C26H29F3N2O2. The van der Waals surface area contributed by atoms with Crippen LogP contribution in [0.1, 0.15) is 32.3 Å². The quantitative estimate of drug-likeness (QED) is 0.389. The van der Waals surface area contributed by atoms with Crippen molar-refractivity contribution < 1.29 is 22.7 Å². The van der Waals surface area contributed by atoms with E-state index in [1.165, 1.54) is 0 Å². The predicted molar refractivity (Wildman–Crippen MR) is 124 cm³/mol. The molecule has 0 spiro atoms. The highest BCUT2D eigenvalue weighted by Crippen LogP contribution is 2.31. The average Bonchev–Trinajstić information content (AvgIpc) is 2.77. The number of ether oxygens (including phenoxy) is 1. The second kappa shape index (κ2) is 10.1. The Hall–Kier alpha value is -3.22. The normalized spacial score (nSPS) is 17.3. The van der Waals surface area contributed by atoms with Crippen LogP contribution in [0.4, 0.5) is 18.9 Å². The highest BCUT2D eigenvalue weighted by Gasteiger charge is 2.37. The molecule has 0 bridgehead atoms. The van der Waals surface area contributed by atoms with Gasteiger partial charge in [-0.05, 0) is 62.4 Å². The molecule has 33 heavy (non-hydrogen) atoms. The maximum atomic E-state index is 13.5. The molecule has 2 aromatic rings. The number of halogens is 3. The molecule has 2 aromatic carbocycles. The van der Waals surface area contributed by atoms with Gasteiger partial charge in [-0.2, -0.15) is 13.2 Å². The molecule has 1 fully saturated rings. The van der Waals surface area contributed by atoms with E-state index in [0.717, 1.165) is 36.5 Å². The lowest BCUT2D eigenvalue weighted by molar-refractivity contribution is -0.119. The fourth-order valence-electron chi connectivity index (χ4n) is 3.70. The molecule has 1 atom stereocenters. The van der Waals surface area contributed by atoms with E-state index in [4.69, 9.17) is 4.74 Å². The predicted octanol–water partition coefficient (Wildman–Crippen LogP) is 6.66. The lowest BCUT2D eigenvalue weighted by atomic mass is 10.0. The molecule has 1 N–H and O–H groups in total. The van der Waals surface area contributed by atoms with Crippen LogP contribution in [0, 0.1) is 12.8 Å². The van der Waals surface area contributed by atoms with Gasteiger partial charge in [-0.25, -0.2) is 0 Å². The van der Waals surface area contributed by atoms with Gasteiger partial charge in [0.1, 0.15) is 0 Å². The van der Waals surface area contributed by atoms with E-state index in [-0.39, 0.29) is 5.88 Å². The average molecular weight is 459 g/mol. The van der Waals surface area contributed by atoms with Gasteiger partial charge in [-0.3, -0.25) is 4.79 Å². The molecule has 3 rings (SSSR count). The number of allylic oxidation sites excluding steroid dienone is 1. The zero-order valence-corrected chi connectivity index (χ0v) is 19.1. The molecule has 1 unspecified atom stereocenters. The minimum atomic E-state index is -4.71. The Kier molecular flexibility index (Phi) is 7.51. The fraction of sp³-hybridized carbons (Fsp3) is 0.346. The molecule has 0 aliphatic carbocycles. The van der Waals surface area contributed by atoms with E-state index >= 15 is 0 Å². The van der Waals surface area contributed by atoms with Crippen molar-refractivity contribution in [2.75, 3.05) is 18.4 Å². The monoisotopic (exact) mass is 458 g/mol. The number of aryl methyl sites for hydroxylation is 1. The van der Waals surface area contributed by atoms with E-state index in [2.05, 4.69) is 18.8 Å². The highest BCUT2D eigenvalue weighted by atomic mass is 19.4. The summed E-state index contributed by atoms with van der Waals surface area (Å²) in [5.41, 5.74) is 2.33. The van der Waals surface area contributed by atoms with Gasteiger partial charge in [0, 0.05) is 18.8 Å². The van der Waals surface area contributed by atoms with Crippen LogP contribution in [0.2, 0.25) is 0 Å². The number of rotatable bonds is 6. The molecule has 1 saturated heterocycles. The number of carbonyl (C=O) groups is 1. The Morgan fingerprint density at radius 1 is 1.09 bits per heavy atom. The number of anilines is 1. The number of hydrogen-bond acceptors (Lipinski definition) is 3. The van der Waals surface area contributed by atoms with Crippen molar-refractivity contribution in [2.45, 2.75) is 39.8 Å². The number of benzene rings is 2. The first-order valence-corrected chi connectivity index (χ1v) is 10.9. The highest BCUT2D eigenvalue weighted by molar-refractivity contribution is 6.03. The number of amides is 1. The lowest BCUT2D eigenvalue weighted by Gasteiger charge is -2.33. The number of piperidine rings is 1. The molecule has 0 aromatic heterocycles. The third-order valence-corrected chi connectivity index (χ3v) is 5.73. The van der Waals surface area contributed by atoms with Gasteiger partial charge >= 0.3 is 6.18 Å². The first-order valence-electron chi connectivity index (χ1n) is 10.9. The van der Waals surface area contributed by atoms with Gasteiger partial charge in [0.2, 0.25) is 5.76 Å². The molecule has 4 nitrogen and oxygen atoms in total. The van der Waals surface area contributed by atoms with Crippen LogP contribution in [0.15, 0.2) is 72.3 Å². The third kappa shape index (κ3) is 6.40. The number of nitrogens with zero attached hydrogens (tertiary/aromatic N) is 1. The zero-order valence-electron chi connectivity index (χ0n) is 19.1. The molecule has 1 aliphatic rings. The fourth-order valence-corrected chi connectivity index (χ4v) is 3.70. The van der Waals surface area contributed by atoms with Crippen molar-refractivity contribution in [1.82, 2.24) is 4.90 Å². The minimum Gasteiger partial charge on any atom is -0.436 e. The lowest BCUT2D eigenvalue weighted by Crippen LogP contribution is -2.35. The van der Waals surface area contributed by atoms with Crippen molar-refractivity contribution in [3.63, 3.8) is 0 Å². The van der Waals surface area contributed by atoms with Crippen LogP contribution in [0.25, 0.3) is 11.1 Å². The summed E-state index contributed by atoms with van der Waals surface area (Å²) < 4.78 is 45.8. The van der Waals surface area contributed by atoms with E-state index in [0.29, 0.717) is 24.7 Å². The van der Waals surface area contributed by atoms with Crippen molar-refractivity contribution >= 4 is 11.6 Å². The Balaban J connectivity index is 1.77. The van der Waals surface area contributed by atoms with Gasteiger partial charge in [-0.1, -0.05) is 48.9 Å². The number of hydrogen-bond donors (Lipinski definition) is 1. The van der Waals surface area contributed by atoms with E-state index in [1.807, 2.05) is 31.2 Å². The zero-order chi connectivity index (χ0) is 24.2. The van der Waals surface area contributed by atoms with E-state index < -0.39 is 23.4 Å². The summed E-state index contributed by atoms with van der Waals surface area (Å²) in [5, 5.41) is 2.52. The summed E-state index contributed by atoms with van der Waals surface area (Å²) in [6.07, 6.45) is -2.79. The molecule has 0 saturated carbocycles. The standard InChI is InChI=1S/C26H29F3N2O2/c1-17-7-9-21(10-8-17)22-11-13-23(14-12-22)30-25(32)24(19(3)26(27,28)29)33-20(4)31-15-5-6-18(2)16-31/h7-14,18H,4-6,15-16H2,1-3H3,(H,30,32)/b24-19+. The van der Waals surface area contributed by atoms with Gasteiger partial charge in [-0.15, -0.1) is 0 Å². The van der Waals surface area contributed by atoms with Crippen LogP contribution in [-0.2, 0) is 9.53 Å². The van der Waals surface area contributed by atoms with Crippen molar-refractivity contribution in [1.29, 1.82) is 0 Å². The van der Waals surface area contributed by atoms with Crippen LogP contribution in [0.5, 0.6) is 0 Å². The summed E-state index contributed by atoms with van der Waals surface area (Å²) in [4.78, 5) is 14.6. The molecule has 1 heterocycles. The smallest absolute Gasteiger partial charge is 0.416 e. The number of carbonyl (C=O) groups excluding carboxylic acids is 1. The molecule has 7 heteroatoms. The van der Waals surface area contributed by atoms with Crippen LogP contribution in [0.3, 0.4) is 0 Å². The van der Waals surface area contributed by atoms with Gasteiger partial charge in [0.25, 0.3) is 5.91 Å². The SMILES string of the molecule is C=C(O/C(C(=O)Nc1ccc(-c2ccc(C)cc2)cc1)=C(\C)C(F)(F)F)N1CCCC(C)C1. The number of nitrogens with one attached hydrogen (secondary N) is 1. The Labute approximate surface area is 192 Å². The number of likely N-dealkylation sites (tertiary alicyclic amines) is 1. The summed E-state index contributed by atoms with van der Waals surface area (Å²) in [7, 11) is 0. The van der Waals surface area contributed by atoms with Gasteiger partial charge in [0.15, 0.2) is 5.88 Å². The molecule has 0 radical (unpaired) electrons. The second-order valence-corrected chi connectivity index (χ2v) is 8.54. The first-order chi connectivity index (χ1) is 15.5. The van der Waals surface area contributed by atoms with Crippen molar-refractivity contribution in [3.05, 3.63) is 77.9 Å². The number of alkyl halides is 3. The molecular weight excluding hydrogens is 429 g/mol. The van der Waals surface area contributed by atoms with Crippen LogP contribution in [-0.4, -0.2) is 30.1 Å². The molecule has 1 amide bonds. The van der Waals surface area contributed by atoms with Crippen molar-refractivity contribution in [3.8, 4) is 11.1 Å². The van der Waals surface area contributed by atoms with Crippen LogP contribution >= 0.6 is 0 Å². The summed E-state index contributed by atoms with van der Waals surface area (Å²) in [5.74, 6) is -1.35. The minimum absolute atomic E-state index is 0.0463. The summed E-state index contributed by atoms with van der Waals surface area (Å²) >= 11 is 0. The maximum absolute atomic E-state index is 13.5. The second-order valence-electron chi connectivity index (χ2n) is 8.54. The molecule has 1 aliphatic heterocycles. The Morgan fingerprint density at radius 3 is 2.21 bits per heavy atom. The van der Waals surface area contributed by atoms with Gasteiger partial charge in [0.05, 0.1) is 5.57 Å². The summed E-state index contributed by atoms with van der Waals surface area (Å²) in [6, 6.07) is 14.9. The van der Waals surface area contributed by atoms with Crippen LogP contribution < -0.4 is 5.32 Å². The molecule has 176 valence electrons. The van der Waals surface area contributed by atoms with Gasteiger partial charge < -0.3 is 15.0 Å². The summed E-state index contributed by atoms with van der Waals surface area (Å²) in [6.45, 7) is 9.93. The van der Waals surface area contributed by atoms with E-state index in [1.54, 1.807) is 29.2 Å². The van der Waals surface area contributed by atoms with E-state index in [9.17, 15) is 18.0 Å². The Bertz CT molecular complexity index is 1020.